The van der Waals surface area contributed by atoms with Crippen LogP contribution in [-0.2, 0) is 0 Å². The third-order valence-corrected chi connectivity index (χ3v) is 3.04. The molecule has 0 aromatic rings. The van der Waals surface area contributed by atoms with E-state index in [1.165, 1.54) is 12.8 Å². The summed E-state index contributed by atoms with van der Waals surface area (Å²) in [5, 5.41) is 12.7. The maximum Gasteiger partial charge on any atom is 0.0587 e. The first-order chi connectivity index (χ1) is 6.65. The van der Waals surface area contributed by atoms with Crippen molar-refractivity contribution in [2.45, 2.75) is 53.0 Å². The van der Waals surface area contributed by atoms with E-state index < -0.39 is 0 Å². The van der Waals surface area contributed by atoms with Crippen LogP contribution < -0.4 is 5.32 Å². The molecule has 0 heterocycles. The number of rotatable bonds is 8. The third kappa shape index (κ3) is 5.61. The molecular weight excluding hydrogens is 174 g/mol. The van der Waals surface area contributed by atoms with Crippen LogP contribution in [-0.4, -0.2) is 24.3 Å². The highest BCUT2D eigenvalue weighted by atomic mass is 16.3. The van der Waals surface area contributed by atoms with Crippen molar-refractivity contribution in [3.05, 3.63) is 0 Å². The van der Waals surface area contributed by atoms with Gasteiger partial charge in [-0.1, -0.05) is 40.5 Å². The molecule has 2 N–H and O–H groups in total. The number of aliphatic hydroxyl groups is 1. The van der Waals surface area contributed by atoms with Gasteiger partial charge in [0.2, 0.25) is 0 Å². The zero-order valence-electron chi connectivity index (χ0n) is 10.2. The highest BCUT2D eigenvalue weighted by Gasteiger charge is 2.14. The van der Waals surface area contributed by atoms with Crippen LogP contribution in [0.25, 0.3) is 0 Å². The predicted molar refractivity (Wildman–Crippen MR) is 62.4 cm³/mol. The molecule has 0 saturated heterocycles. The van der Waals surface area contributed by atoms with E-state index in [4.69, 9.17) is 0 Å². The third-order valence-electron chi connectivity index (χ3n) is 3.04. The van der Waals surface area contributed by atoms with Gasteiger partial charge in [0.25, 0.3) is 0 Å². The lowest BCUT2D eigenvalue weighted by atomic mass is 9.98. The topological polar surface area (TPSA) is 32.3 Å². The van der Waals surface area contributed by atoms with E-state index in [0.29, 0.717) is 5.92 Å². The van der Waals surface area contributed by atoms with Gasteiger partial charge in [-0.3, -0.25) is 0 Å². The highest BCUT2D eigenvalue weighted by molar-refractivity contribution is 4.72. The van der Waals surface area contributed by atoms with Crippen molar-refractivity contribution < 1.29 is 5.11 Å². The first-order valence-electron chi connectivity index (χ1n) is 5.99. The standard InChI is InChI=1S/C12H27NO/c1-5-7-10(3)8-13-12(9-14)11(4)6-2/h10-14H,5-9H2,1-4H3. The van der Waals surface area contributed by atoms with Crippen LogP contribution >= 0.6 is 0 Å². The van der Waals surface area contributed by atoms with Crippen molar-refractivity contribution in [3.63, 3.8) is 0 Å². The summed E-state index contributed by atoms with van der Waals surface area (Å²) >= 11 is 0. The molecule has 0 aliphatic carbocycles. The van der Waals surface area contributed by atoms with E-state index in [0.717, 1.165) is 18.9 Å². The van der Waals surface area contributed by atoms with E-state index in [2.05, 4.69) is 33.0 Å². The predicted octanol–water partition coefficient (Wildman–Crippen LogP) is 2.42. The smallest absolute Gasteiger partial charge is 0.0587 e. The van der Waals surface area contributed by atoms with Crippen LogP contribution in [0.15, 0.2) is 0 Å². The maximum absolute atomic E-state index is 9.21. The molecule has 0 aliphatic heterocycles. The summed E-state index contributed by atoms with van der Waals surface area (Å²) in [6.45, 7) is 10.1. The molecular formula is C12H27NO. The minimum Gasteiger partial charge on any atom is -0.395 e. The van der Waals surface area contributed by atoms with Crippen LogP contribution in [0.5, 0.6) is 0 Å². The average Bonchev–Trinajstić information content (AvgIpc) is 2.18. The molecule has 0 aliphatic rings. The van der Waals surface area contributed by atoms with Gasteiger partial charge < -0.3 is 10.4 Å². The van der Waals surface area contributed by atoms with Crippen molar-refractivity contribution in [2.75, 3.05) is 13.2 Å². The second kappa shape index (κ2) is 8.25. The second-order valence-corrected chi connectivity index (χ2v) is 4.48. The van der Waals surface area contributed by atoms with Crippen LogP contribution in [0.1, 0.15) is 47.0 Å². The van der Waals surface area contributed by atoms with Gasteiger partial charge in [-0.05, 0) is 24.8 Å². The zero-order chi connectivity index (χ0) is 11.0. The van der Waals surface area contributed by atoms with Gasteiger partial charge in [0.15, 0.2) is 0 Å². The Kier molecular flexibility index (Phi) is 8.20. The molecule has 3 atom stereocenters. The fourth-order valence-electron chi connectivity index (χ4n) is 1.68. The highest BCUT2D eigenvalue weighted by Crippen LogP contribution is 2.09. The van der Waals surface area contributed by atoms with E-state index in [9.17, 15) is 5.11 Å². The van der Waals surface area contributed by atoms with E-state index in [-0.39, 0.29) is 12.6 Å². The quantitative estimate of drug-likeness (QED) is 0.632. The summed E-state index contributed by atoms with van der Waals surface area (Å²) in [7, 11) is 0. The summed E-state index contributed by atoms with van der Waals surface area (Å²) in [4.78, 5) is 0. The van der Waals surface area contributed by atoms with Gasteiger partial charge >= 0.3 is 0 Å². The molecule has 0 radical (unpaired) electrons. The van der Waals surface area contributed by atoms with Gasteiger partial charge in [0.1, 0.15) is 0 Å². The minimum absolute atomic E-state index is 0.258. The summed E-state index contributed by atoms with van der Waals surface area (Å²) in [5.41, 5.74) is 0. The molecule has 2 nitrogen and oxygen atoms in total. The van der Waals surface area contributed by atoms with Gasteiger partial charge in [-0.25, -0.2) is 0 Å². The molecule has 0 saturated carbocycles. The molecule has 14 heavy (non-hydrogen) atoms. The lowest BCUT2D eigenvalue weighted by Gasteiger charge is -2.24. The largest absolute Gasteiger partial charge is 0.395 e. The second-order valence-electron chi connectivity index (χ2n) is 4.48. The molecule has 86 valence electrons. The number of hydrogen-bond acceptors (Lipinski definition) is 2. The van der Waals surface area contributed by atoms with Crippen molar-refractivity contribution >= 4 is 0 Å². The fourth-order valence-corrected chi connectivity index (χ4v) is 1.68. The van der Waals surface area contributed by atoms with Crippen molar-refractivity contribution in [1.82, 2.24) is 5.32 Å². The summed E-state index contributed by atoms with van der Waals surface area (Å²) in [6.07, 6.45) is 3.64. The summed E-state index contributed by atoms with van der Waals surface area (Å²) in [6, 6.07) is 0.277. The summed E-state index contributed by atoms with van der Waals surface area (Å²) < 4.78 is 0. The lowest BCUT2D eigenvalue weighted by molar-refractivity contribution is 0.197. The number of nitrogens with one attached hydrogen (secondary N) is 1. The Labute approximate surface area is 89.1 Å². The van der Waals surface area contributed by atoms with Crippen molar-refractivity contribution in [2.24, 2.45) is 11.8 Å². The van der Waals surface area contributed by atoms with Crippen LogP contribution in [0.4, 0.5) is 0 Å². The monoisotopic (exact) mass is 201 g/mol. The molecule has 3 unspecified atom stereocenters. The number of hydrogen-bond donors (Lipinski definition) is 2. The molecule has 0 aromatic carbocycles. The molecule has 0 fully saturated rings. The van der Waals surface area contributed by atoms with E-state index in [1.807, 2.05) is 0 Å². The molecule has 0 aromatic heterocycles. The van der Waals surface area contributed by atoms with Gasteiger partial charge in [-0.2, -0.15) is 0 Å². The molecule has 2 heteroatoms. The Morgan fingerprint density at radius 2 is 1.86 bits per heavy atom. The first kappa shape index (κ1) is 13.9. The summed E-state index contributed by atoms with van der Waals surface area (Å²) in [5.74, 6) is 1.28. The Balaban J connectivity index is 3.71. The molecule has 0 rings (SSSR count). The van der Waals surface area contributed by atoms with Gasteiger partial charge in [-0.15, -0.1) is 0 Å². The normalized spacial score (nSPS) is 17.8. The van der Waals surface area contributed by atoms with Gasteiger partial charge in [0, 0.05) is 6.04 Å². The molecule has 0 bridgehead atoms. The fraction of sp³-hybridized carbons (Fsp3) is 1.00. The van der Waals surface area contributed by atoms with Crippen molar-refractivity contribution in [3.8, 4) is 0 Å². The zero-order valence-corrected chi connectivity index (χ0v) is 10.2. The Morgan fingerprint density at radius 1 is 1.21 bits per heavy atom. The number of aliphatic hydroxyl groups excluding tert-OH is 1. The van der Waals surface area contributed by atoms with E-state index in [1.54, 1.807) is 0 Å². The van der Waals surface area contributed by atoms with Crippen molar-refractivity contribution in [1.29, 1.82) is 0 Å². The van der Waals surface area contributed by atoms with Crippen LogP contribution in [0.3, 0.4) is 0 Å². The Bertz CT molecular complexity index is 127. The van der Waals surface area contributed by atoms with Crippen LogP contribution in [0.2, 0.25) is 0 Å². The Morgan fingerprint density at radius 3 is 2.29 bits per heavy atom. The molecule has 0 spiro atoms. The lowest BCUT2D eigenvalue weighted by Crippen LogP contribution is -2.40. The average molecular weight is 201 g/mol. The maximum atomic E-state index is 9.21. The first-order valence-corrected chi connectivity index (χ1v) is 5.99. The minimum atomic E-state index is 0.258. The van der Waals surface area contributed by atoms with Crippen LogP contribution in [0, 0.1) is 11.8 Å². The molecule has 0 amide bonds. The van der Waals surface area contributed by atoms with Gasteiger partial charge in [0.05, 0.1) is 6.61 Å². The Hall–Kier alpha value is -0.0800. The van der Waals surface area contributed by atoms with E-state index >= 15 is 0 Å². The SMILES string of the molecule is CCCC(C)CNC(CO)C(C)CC.